The highest BCUT2D eigenvalue weighted by atomic mass is 19.4. The number of esters is 2. The number of rotatable bonds is 8. The zero-order valence-electron chi connectivity index (χ0n) is 15.4. The molecule has 0 aliphatic heterocycles. The SMILES string of the molecule is C=C(C)C(=O)OC(CC(C)C)CC(OC(=O)C(C)(F)F)(C(F)(F)F)C(F)(F)F. The smallest absolute Gasteiger partial charge is 0.437 e. The zero-order valence-corrected chi connectivity index (χ0v) is 15.4. The Balaban J connectivity index is 6.28. The highest BCUT2D eigenvalue weighted by Gasteiger charge is 2.75. The molecule has 28 heavy (non-hydrogen) atoms. The molecule has 1 unspecified atom stereocenters. The molecular weight excluding hydrogens is 408 g/mol. The molecule has 0 rings (SSSR count). The van der Waals surface area contributed by atoms with E-state index in [1.54, 1.807) is 0 Å². The summed E-state index contributed by atoms with van der Waals surface area (Å²) in [5.41, 5.74) is -5.61. The second-order valence-corrected chi connectivity index (χ2v) is 6.74. The fourth-order valence-electron chi connectivity index (χ4n) is 2.07. The predicted octanol–water partition coefficient (Wildman–Crippen LogP) is 4.97. The molecule has 0 radical (unpaired) electrons. The molecule has 0 spiro atoms. The second kappa shape index (κ2) is 8.64. The molecule has 0 aromatic carbocycles. The Morgan fingerprint density at radius 3 is 1.68 bits per heavy atom. The van der Waals surface area contributed by atoms with Crippen LogP contribution in [0.25, 0.3) is 0 Å². The van der Waals surface area contributed by atoms with Gasteiger partial charge in [-0.3, -0.25) is 0 Å². The van der Waals surface area contributed by atoms with E-state index in [0.29, 0.717) is 0 Å². The maximum Gasteiger partial charge on any atom is 0.437 e. The number of ether oxygens (including phenoxy) is 2. The van der Waals surface area contributed by atoms with Gasteiger partial charge in [-0.25, -0.2) is 9.59 Å². The summed E-state index contributed by atoms with van der Waals surface area (Å²) < 4.78 is 114. The third-order valence-corrected chi connectivity index (χ3v) is 3.41. The fraction of sp³-hybridized carbons (Fsp3) is 0.750. The average Bonchev–Trinajstić information content (AvgIpc) is 2.41. The van der Waals surface area contributed by atoms with Crippen LogP contribution in [0.2, 0.25) is 0 Å². The molecule has 0 saturated carbocycles. The Morgan fingerprint density at radius 1 is 0.964 bits per heavy atom. The third-order valence-electron chi connectivity index (χ3n) is 3.41. The van der Waals surface area contributed by atoms with Crippen LogP contribution in [-0.4, -0.2) is 41.9 Å². The Hall–Kier alpha value is -1.88. The lowest BCUT2D eigenvalue weighted by Crippen LogP contribution is -2.62. The van der Waals surface area contributed by atoms with Crippen molar-refractivity contribution in [1.29, 1.82) is 0 Å². The molecule has 0 amide bonds. The monoisotopic (exact) mass is 428 g/mol. The summed E-state index contributed by atoms with van der Waals surface area (Å²) in [4.78, 5) is 22.8. The number of halogens is 8. The van der Waals surface area contributed by atoms with Crippen molar-refractivity contribution >= 4 is 11.9 Å². The molecule has 0 bridgehead atoms. The summed E-state index contributed by atoms with van der Waals surface area (Å²) in [6.07, 6.45) is -17.3. The molecule has 0 N–H and O–H groups in total. The summed E-state index contributed by atoms with van der Waals surface area (Å²) in [6.45, 7) is 6.88. The van der Waals surface area contributed by atoms with Crippen LogP contribution in [0.5, 0.6) is 0 Å². The Bertz CT molecular complexity index is 573. The third kappa shape index (κ3) is 6.62. The van der Waals surface area contributed by atoms with Gasteiger partial charge in [-0.2, -0.15) is 35.1 Å². The van der Waals surface area contributed by atoms with Crippen molar-refractivity contribution in [2.45, 2.75) is 70.5 Å². The van der Waals surface area contributed by atoms with Crippen molar-refractivity contribution in [3.05, 3.63) is 12.2 Å². The van der Waals surface area contributed by atoms with E-state index >= 15 is 0 Å². The van der Waals surface area contributed by atoms with E-state index < -0.39 is 60.7 Å². The van der Waals surface area contributed by atoms with Gasteiger partial charge in [0.15, 0.2) is 0 Å². The maximum absolute atomic E-state index is 13.4. The first-order valence-corrected chi connectivity index (χ1v) is 7.85. The maximum atomic E-state index is 13.4. The van der Waals surface area contributed by atoms with Gasteiger partial charge in [0.2, 0.25) is 0 Å². The van der Waals surface area contributed by atoms with E-state index in [-0.39, 0.29) is 12.5 Å². The summed E-state index contributed by atoms with van der Waals surface area (Å²) in [5.74, 6) is -9.47. The molecule has 164 valence electrons. The fourth-order valence-corrected chi connectivity index (χ4v) is 2.07. The number of alkyl halides is 8. The zero-order chi connectivity index (χ0) is 22.7. The van der Waals surface area contributed by atoms with Crippen molar-refractivity contribution < 1.29 is 54.2 Å². The van der Waals surface area contributed by atoms with Gasteiger partial charge in [0.1, 0.15) is 6.10 Å². The van der Waals surface area contributed by atoms with Crippen molar-refractivity contribution in [1.82, 2.24) is 0 Å². The Kier molecular flexibility index (Phi) is 8.06. The Morgan fingerprint density at radius 2 is 1.39 bits per heavy atom. The molecule has 0 heterocycles. The quantitative estimate of drug-likeness (QED) is 0.311. The summed E-state index contributed by atoms with van der Waals surface area (Å²) in [7, 11) is 0. The van der Waals surface area contributed by atoms with Crippen LogP contribution in [0, 0.1) is 5.92 Å². The van der Waals surface area contributed by atoms with Crippen molar-refractivity contribution in [3.8, 4) is 0 Å². The van der Waals surface area contributed by atoms with E-state index in [1.807, 2.05) is 0 Å². The van der Waals surface area contributed by atoms with Gasteiger partial charge < -0.3 is 9.47 Å². The molecular formula is C16H20F8O4. The normalized spacial score (nSPS) is 14.6. The lowest BCUT2D eigenvalue weighted by Gasteiger charge is -2.39. The minimum atomic E-state index is -6.32. The van der Waals surface area contributed by atoms with E-state index in [4.69, 9.17) is 0 Å². The first-order chi connectivity index (χ1) is 12.2. The number of carbonyl (C=O) groups excluding carboxylic acids is 2. The summed E-state index contributed by atoms with van der Waals surface area (Å²) in [6, 6.07) is 0. The Labute approximate surface area is 155 Å². The van der Waals surface area contributed by atoms with Gasteiger partial charge in [0, 0.05) is 18.9 Å². The second-order valence-electron chi connectivity index (χ2n) is 6.74. The van der Waals surface area contributed by atoms with Crippen molar-refractivity contribution in [2.24, 2.45) is 5.92 Å². The van der Waals surface area contributed by atoms with Gasteiger partial charge in [0.25, 0.3) is 0 Å². The summed E-state index contributed by atoms with van der Waals surface area (Å²) in [5, 5.41) is 0. The molecule has 12 heteroatoms. The molecule has 0 fully saturated rings. The van der Waals surface area contributed by atoms with Crippen molar-refractivity contribution in [2.75, 3.05) is 0 Å². The molecule has 1 atom stereocenters. The number of hydrogen-bond acceptors (Lipinski definition) is 4. The van der Waals surface area contributed by atoms with Crippen LogP contribution in [0.3, 0.4) is 0 Å². The topological polar surface area (TPSA) is 52.6 Å². The molecule has 0 aliphatic carbocycles. The highest BCUT2D eigenvalue weighted by molar-refractivity contribution is 5.87. The van der Waals surface area contributed by atoms with Crippen LogP contribution in [0.1, 0.15) is 40.5 Å². The molecule has 0 saturated heterocycles. The van der Waals surface area contributed by atoms with Gasteiger partial charge in [-0.15, -0.1) is 0 Å². The first-order valence-electron chi connectivity index (χ1n) is 7.85. The standard InChI is InChI=1S/C16H20F8O4/c1-8(2)6-10(27-11(25)9(3)4)7-14(15(19,20)21,16(22,23)24)28-12(26)13(5,17)18/h8,10H,3,6-7H2,1-2,4-5H3. The van der Waals surface area contributed by atoms with Gasteiger partial charge in [0.05, 0.1) is 0 Å². The summed E-state index contributed by atoms with van der Waals surface area (Å²) >= 11 is 0. The highest BCUT2D eigenvalue weighted by Crippen LogP contribution is 2.50. The van der Waals surface area contributed by atoms with Gasteiger partial charge >= 0.3 is 35.8 Å². The lowest BCUT2D eigenvalue weighted by molar-refractivity contribution is -0.378. The molecule has 0 aromatic heterocycles. The van der Waals surface area contributed by atoms with Crippen LogP contribution in [0.15, 0.2) is 12.2 Å². The average molecular weight is 428 g/mol. The first kappa shape index (κ1) is 26.1. The van der Waals surface area contributed by atoms with Crippen LogP contribution in [-0.2, 0) is 19.1 Å². The molecule has 0 aliphatic rings. The van der Waals surface area contributed by atoms with Gasteiger partial charge in [-0.1, -0.05) is 20.4 Å². The molecule has 0 aromatic rings. The number of hydrogen-bond donors (Lipinski definition) is 0. The predicted molar refractivity (Wildman–Crippen MR) is 80.3 cm³/mol. The lowest BCUT2D eigenvalue weighted by atomic mass is 9.90. The van der Waals surface area contributed by atoms with E-state index in [9.17, 15) is 44.7 Å². The van der Waals surface area contributed by atoms with Crippen LogP contribution < -0.4 is 0 Å². The van der Waals surface area contributed by atoms with Crippen molar-refractivity contribution in [3.63, 3.8) is 0 Å². The van der Waals surface area contributed by atoms with Crippen LogP contribution in [0.4, 0.5) is 35.1 Å². The van der Waals surface area contributed by atoms with Crippen LogP contribution >= 0.6 is 0 Å². The minimum absolute atomic E-state index is 0.209. The largest absolute Gasteiger partial charge is 0.459 e. The van der Waals surface area contributed by atoms with E-state index in [1.165, 1.54) is 13.8 Å². The molecule has 4 nitrogen and oxygen atoms in total. The van der Waals surface area contributed by atoms with Gasteiger partial charge in [-0.05, 0) is 19.3 Å². The van der Waals surface area contributed by atoms with E-state index in [2.05, 4.69) is 16.1 Å². The van der Waals surface area contributed by atoms with E-state index in [0.717, 1.165) is 6.92 Å². The number of carbonyl (C=O) groups is 2. The minimum Gasteiger partial charge on any atom is -0.459 e.